The Balaban J connectivity index is 2.20. The molecule has 8 heteroatoms. The van der Waals surface area contributed by atoms with Gasteiger partial charge in [0.25, 0.3) is 5.91 Å². The summed E-state index contributed by atoms with van der Waals surface area (Å²) in [6.07, 6.45) is 1.53. The number of anilines is 1. The van der Waals surface area contributed by atoms with Crippen LogP contribution in [0.2, 0.25) is 0 Å². The zero-order valence-electron chi connectivity index (χ0n) is 16.7. The number of aryl methyl sites for hydroxylation is 1. The summed E-state index contributed by atoms with van der Waals surface area (Å²) in [5, 5.41) is 12.0. The van der Waals surface area contributed by atoms with E-state index in [1.165, 1.54) is 30.3 Å². The first-order chi connectivity index (χ1) is 13.8. The molecule has 0 aliphatic rings. The Morgan fingerprint density at radius 3 is 2.52 bits per heavy atom. The van der Waals surface area contributed by atoms with Crippen LogP contribution in [0.25, 0.3) is 6.08 Å². The van der Waals surface area contributed by atoms with Crippen molar-refractivity contribution < 1.29 is 23.0 Å². The fourth-order valence-electron chi connectivity index (χ4n) is 3.16. The third-order valence-electron chi connectivity index (χ3n) is 4.37. The van der Waals surface area contributed by atoms with Crippen molar-refractivity contribution >= 4 is 17.7 Å². The van der Waals surface area contributed by atoms with Gasteiger partial charge >= 0.3 is 6.61 Å². The molecule has 1 unspecified atom stereocenters. The monoisotopic (exact) mass is 403 g/mol. The molecule has 6 nitrogen and oxygen atoms in total. The maximum Gasteiger partial charge on any atom is 0.387 e. The van der Waals surface area contributed by atoms with Gasteiger partial charge in [-0.15, -0.1) is 0 Å². The van der Waals surface area contributed by atoms with E-state index in [2.05, 4.69) is 14.6 Å². The Morgan fingerprint density at radius 2 is 1.97 bits per heavy atom. The number of nitrogens with zero attached hydrogens (tertiary/aromatic N) is 2. The van der Waals surface area contributed by atoms with Gasteiger partial charge in [0.15, 0.2) is 0 Å². The molecule has 0 aliphatic heterocycles. The number of halogens is 2. The summed E-state index contributed by atoms with van der Waals surface area (Å²) in [5.41, 5.74) is 2.96. The summed E-state index contributed by atoms with van der Waals surface area (Å²) < 4.78 is 36.0. The van der Waals surface area contributed by atoms with Gasteiger partial charge in [0.05, 0.1) is 12.6 Å². The highest BCUT2D eigenvalue weighted by atomic mass is 19.3. The second-order valence-electron chi connectivity index (χ2n) is 6.53. The molecule has 1 amide bonds. The molecule has 1 aromatic carbocycles. The molecular formula is C21H23F2N3O3. The third kappa shape index (κ3) is 5.65. The summed E-state index contributed by atoms with van der Waals surface area (Å²) >= 11 is 0. The molecule has 154 valence electrons. The van der Waals surface area contributed by atoms with Crippen LogP contribution in [0.15, 0.2) is 35.9 Å². The smallest absolute Gasteiger partial charge is 0.387 e. The van der Waals surface area contributed by atoms with E-state index < -0.39 is 12.5 Å². The molecule has 2 rings (SSSR count). The molecule has 2 aromatic rings. The first kappa shape index (κ1) is 22.1. The number of hydrogen-bond donors (Lipinski definition) is 1. The summed E-state index contributed by atoms with van der Waals surface area (Å²) in [6.45, 7) is 3.51. The van der Waals surface area contributed by atoms with Gasteiger partial charge in [-0.3, -0.25) is 4.79 Å². The number of carbonyl (C=O) groups is 1. The van der Waals surface area contributed by atoms with Crippen LogP contribution in [-0.2, 0) is 9.53 Å². The summed E-state index contributed by atoms with van der Waals surface area (Å²) in [5.74, 6) is -0.614. The molecule has 0 bridgehead atoms. The number of aromatic nitrogens is 1. The normalized spacial score (nSPS) is 12.6. The van der Waals surface area contributed by atoms with Crippen molar-refractivity contribution in [3.8, 4) is 11.8 Å². The maximum absolute atomic E-state index is 12.5. The van der Waals surface area contributed by atoms with E-state index in [-0.39, 0.29) is 17.4 Å². The molecule has 1 N–H and O–H groups in total. The van der Waals surface area contributed by atoms with E-state index in [1.807, 2.05) is 32.9 Å². The highest BCUT2D eigenvalue weighted by molar-refractivity contribution is 6.09. The minimum Gasteiger partial charge on any atom is -0.435 e. The Morgan fingerprint density at radius 1 is 1.31 bits per heavy atom. The number of nitriles is 1. The number of ether oxygens (including phenoxy) is 2. The maximum atomic E-state index is 12.5. The molecular weight excluding hydrogens is 380 g/mol. The number of hydrogen-bond acceptors (Lipinski definition) is 4. The number of benzene rings is 1. The average Bonchev–Trinajstić information content (AvgIpc) is 2.94. The van der Waals surface area contributed by atoms with Gasteiger partial charge in [0.1, 0.15) is 17.4 Å². The van der Waals surface area contributed by atoms with Gasteiger partial charge in [0.2, 0.25) is 0 Å². The Kier molecular flexibility index (Phi) is 7.51. The number of methoxy groups -OCH3 is 1. The predicted molar refractivity (Wildman–Crippen MR) is 106 cm³/mol. The summed E-state index contributed by atoms with van der Waals surface area (Å²) in [6, 6.07) is 9.38. The van der Waals surface area contributed by atoms with Crippen LogP contribution < -0.4 is 10.1 Å². The lowest BCUT2D eigenvalue weighted by Gasteiger charge is -2.17. The lowest BCUT2D eigenvalue weighted by atomic mass is 10.1. The van der Waals surface area contributed by atoms with Gasteiger partial charge in [-0.1, -0.05) is 0 Å². The first-order valence-electron chi connectivity index (χ1n) is 8.92. The van der Waals surface area contributed by atoms with Crippen LogP contribution in [0.4, 0.5) is 14.5 Å². The standard InChI is InChI=1S/C21H23F2N3O3/c1-13-9-16(15(3)26(13)14(2)12-28-4)10-17(11-24)20(27)25-18-5-7-19(8-6-18)29-21(22)23/h5-10,14,21H,12H2,1-4H3,(H,25,27)/b17-10-. The highest BCUT2D eigenvalue weighted by Gasteiger charge is 2.16. The molecule has 0 radical (unpaired) electrons. The SMILES string of the molecule is COCC(C)n1c(C)cc(/C=C(/C#N)C(=O)Nc2ccc(OC(F)F)cc2)c1C. The third-order valence-corrected chi connectivity index (χ3v) is 4.37. The van der Waals surface area contributed by atoms with E-state index in [9.17, 15) is 18.8 Å². The zero-order chi connectivity index (χ0) is 21.6. The molecule has 1 atom stereocenters. The van der Waals surface area contributed by atoms with E-state index in [0.717, 1.165) is 17.0 Å². The van der Waals surface area contributed by atoms with Crippen molar-refractivity contribution in [1.29, 1.82) is 5.26 Å². The molecule has 0 saturated heterocycles. The second kappa shape index (κ2) is 9.85. The first-order valence-corrected chi connectivity index (χ1v) is 8.92. The van der Waals surface area contributed by atoms with E-state index in [0.29, 0.717) is 12.3 Å². The van der Waals surface area contributed by atoms with E-state index in [1.54, 1.807) is 7.11 Å². The quantitative estimate of drug-likeness (QED) is 0.522. The van der Waals surface area contributed by atoms with Crippen LogP contribution in [0.1, 0.15) is 29.9 Å². The van der Waals surface area contributed by atoms with Gasteiger partial charge in [0, 0.05) is 24.2 Å². The van der Waals surface area contributed by atoms with Crippen molar-refractivity contribution in [3.63, 3.8) is 0 Å². The highest BCUT2D eigenvalue weighted by Crippen LogP contribution is 2.23. The second-order valence-corrected chi connectivity index (χ2v) is 6.53. The van der Waals surface area contributed by atoms with Crippen molar-refractivity contribution in [2.75, 3.05) is 19.0 Å². The molecule has 1 aromatic heterocycles. The zero-order valence-corrected chi connectivity index (χ0v) is 16.7. The molecule has 0 saturated carbocycles. The Bertz CT molecular complexity index is 928. The number of alkyl halides is 2. The van der Waals surface area contributed by atoms with Gasteiger partial charge < -0.3 is 19.4 Å². The van der Waals surface area contributed by atoms with Crippen molar-refractivity contribution in [1.82, 2.24) is 4.57 Å². The van der Waals surface area contributed by atoms with Gasteiger partial charge in [-0.05, 0) is 62.7 Å². The number of carbonyl (C=O) groups excluding carboxylic acids is 1. The number of rotatable bonds is 8. The number of nitrogens with one attached hydrogen (secondary N) is 1. The average molecular weight is 403 g/mol. The van der Waals surface area contributed by atoms with Crippen LogP contribution >= 0.6 is 0 Å². The Labute approximate surface area is 168 Å². The predicted octanol–water partition coefficient (Wildman–Crippen LogP) is 4.46. The van der Waals surface area contributed by atoms with Crippen molar-refractivity contribution in [3.05, 3.63) is 52.9 Å². The topological polar surface area (TPSA) is 76.3 Å². The molecule has 1 heterocycles. The minimum absolute atomic E-state index is 0.0216. The fraction of sp³-hybridized carbons (Fsp3) is 0.333. The minimum atomic E-state index is -2.92. The fourth-order valence-corrected chi connectivity index (χ4v) is 3.16. The van der Waals surface area contributed by atoms with E-state index >= 15 is 0 Å². The van der Waals surface area contributed by atoms with Crippen LogP contribution in [0.3, 0.4) is 0 Å². The van der Waals surface area contributed by atoms with Crippen molar-refractivity contribution in [2.45, 2.75) is 33.4 Å². The molecule has 29 heavy (non-hydrogen) atoms. The largest absolute Gasteiger partial charge is 0.435 e. The summed E-state index contributed by atoms with van der Waals surface area (Å²) in [4.78, 5) is 12.5. The van der Waals surface area contributed by atoms with Crippen LogP contribution in [-0.4, -0.2) is 30.8 Å². The summed E-state index contributed by atoms with van der Waals surface area (Å²) in [7, 11) is 1.63. The molecule has 0 fully saturated rings. The van der Waals surface area contributed by atoms with Gasteiger partial charge in [-0.25, -0.2) is 0 Å². The molecule has 0 aliphatic carbocycles. The lowest BCUT2D eigenvalue weighted by Crippen LogP contribution is -2.14. The van der Waals surface area contributed by atoms with Gasteiger partial charge in [-0.2, -0.15) is 14.0 Å². The van der Waals surface area contributed by atoms with E-state index in [4.69, 9.17) is 4.74 Å². The van der Waals surface area contributed by atoms with Crippen molar-refractivity contribution in [2.24, 2.45) is 0 Å². The van der Waals surface area contributed by atoms with Crippen LogP contribution in [0.5, 0.6) is 5.75 Å². The van der Waals surface area contributed by atoms with Crippen LogP contribution in [0, 0.1) is 25.2 Å². The molecule has 0 spiro atoms. The number of amides is 1. The Hall–Kier alpha value is -3.18. The lowest BCUT2D eigenvalue weighted by molar-refractivity contribution is -0.112.